The van der Waals surface area contributed by atoms with Crippen molar-refractivity contribution in [1.82, 2.24) is 0 Å². The quantitative estimate of drug-likeness (QED) is 0.294. The number of allylic oxidation sites excluding steroid dienone is 6. The van der Waals surface area contributed by atoms with E-state index in [0.717, 1.165) is 6.42 Å². The van der Waals surface area contributed by atoms with E-state index in [1.807, 2.05) is 0 Å². The maximum Gasteiger partial charge on any atom is 0.0210 e. The van der Waals surface area contributed by atoms with Crippen LogP contribution in [0.4, 0.5) is 0 Å². The van der Waals surface area contributed by atoms with Crippen LogP contribution in [0.25, 0.3) is 16.7 Å². The fourth-order valence-electron chi connectivity index (χ4n) is 5.77. The van der Waals surface area contributed by atoms with Crippen molar-refractivity contribution in [2.75, 3.05) is 0 Å². The lowest BCUT2D eigenvalue weighted by molar-refractivity contribution is 0.581. The molecule has 34 heavy (non-hydrogen) atoms. The fraction of sp³-hybridized carbons (Fsp3) is 0.294. The molecule has 0 N–H and O–H groups in total. The van der Waals surface area contributed by atoms with Crippen LogP contribution in [0, 0.1) is 0 Å². The molecule has 0 aromatic heterocycles. The zero-order valence-corrected chi connectivity index (χ0v) is 21.4. The van der Waals surface area contributed by atoms with Gasteiger partial charge in [0.1, 0.15) is 0 Å². The van der Waals surface area contributed by atoms with Crippen LogP contribution in [0.2, 0.25) is 0 Å². The summed E-state index contributed by atoms with van der Waals surface area (Å²) < 4.78 is 0. The van der Waals surface area contributed by atoms with Crippen molar-refractivity contribution in [2.24, 2.45) is 0 Å². The van der Waals surface area contributed by atoms with Gasteiger partial charge in [0.2, 0.25) is 0 Å². The summed E-state index contributed by atoms with van der Waals surface area (Å²) in [6.45, 7) is 13.9. The monoisotopic (exact) mass is 444 g/mol. The Morgan fingerprint density at radius 2 is 1.50 bits per heavy atom. The second-order valence-electron chi connectivity index (χ2n) is 11.6. The summed E-state index contributed by atoms with van der Waals surface area (Å²) in [5.74, 6) is 0.380. The fourth-order valence-corrected chi connectivity index (χ4v) is 5.77. The van der Waals surface area contributed by atoms with Gasteiger partial charge in [-0.25, -0.2) is 0 Å². The third kappa shape index (κ3) is 4.00. The molecule has 0 radical (unpaired) electrons. The zero-order chi connectivity index (χ0) is 24.1. The van der Waals surface area contributed by atoms with E-state index in [1.54, 1.807) is 0 Å². The molecule has 3 aromatic rings. The summed E-state index contributed by atoms with van der Waals surface area (Å²) >= 11 is 0. The third-order valence-corrected chi connectivity index (χ3v) is 7.56. The minimum absolute atomic E-state index is 0.0416. The molecule has 0 heteroatoms. The molecule has 2 aliphatic rings. The van der Waals surface area contributed by atoms with E-state index < -0.39 is 0 Å². The van der Waals surface area contributed by atoms with Gasteiger partial charge in [0.15, 0.2) is 0 Å². The van der Waals surface area contributed by atoms with Gasteiger partial charge in [0.25, 0.3) is 0 Å². The van der Waals surface area contributed by atoms with E-state index in [-0.39, 0.29) is 10.8 Å². The maximum atomic E-state index is 2.46. The van der Waals surface area contributed by atoms with E-state index in [2.05, 4.69) is 133 Å². The van der Waals surface area contributed by atoms with Crippen LogP contribution in [-0.4, -0.2) is 0 Å². The number of hydrogen-bond donors (Lipinski definition) is 0. The first-order chi connectivity index (χ1) is 16.1. The zero-order valence-electron chi connectivity index (χ0n) is 21.4. The van der Waals surface area contributed by atoms with Crippen molar-refractivity contribution in [3.05, 3.63) is 124 Å². The summed E-state index contributed by atoms with van der Waals surface area (Å²) in [7, 11) is 0. The maximum absolute atomic E-state index is 2.46. The summed E-state index contributed by atoms with van der Waals surface area (Å²) in [6.07, 6.45) is 12.5. The molecule has 0 fully saturated rings. The lowest BCUT2D eigenvalue weighted by atomic mass is 9.77. The van der Waals surface area contributed by atoms with Gasteiger partial charge in [-0.05, 0) is 68.8 Å². The number of rotatable bonds is 4. The van der Waals surface area contributed by atoms with Crippen LogP contribution in [0.3, 0.4) is 0 Å². The first kappa shape index (κ1) is 22.7. The van der Waals surface area contributed by atoms with E-state index >= 15 is 0 Å². The molecular formula is C34H36. The molecule has 0 bridgehead atoms. The summed E-state index contributed by atoms with van der Waals surface area (Å²) in [5.41, 5.74) is 12.9. The molecule has 0 saturated carbocycles. The third-order valence-electron chi connectivity index (χ3n) is 7.56. The Bertz CT molecular complexity index is 1310. The van der Waals surface area contributed by atoms with Gasteiger partial charge in [0, 0.05) is 11.3 Å². The Balaban J connectivity index is 1.55. The Hall–Kier alpha value is -3.12. The van der Waals surface area contributed by atoms with Crippen LogP contribution in [0.5, 0.6) is 0 Å². The molecule has 172 valence electrons. The first-order valence-electron chi connectivity index (χ1n) is 12.5. The van der Waals surface area contributed by atoms with E-state index in [0.29, 0.717) is 5.92 Å². The van der Waals surface area contributed by atoms with Gasteiger partial charge >= 0.3 is 0 Å². The molecule has 5 rings (SSSR count). The minimum atomic E-state index is -0.0416. The number of fused-ring (bicyclic) bond motifs is 3. The van der Waals surface area contributed by atoms with Crippen molar-refractivity contribution in [2.45, 2.75) is 64.7 Å². The summed E-state index contributed by atoms with van der Waals surface area (Å²) in [4.78, 5) is 0. The Morgan fingerprint density at radius 1 is 0.824 bits per heavy atom. The topological polar surface area (TPSA) is 0 Å². The predicted molar refractivity (Wildman–Crippen MR) is 148 cm³/mol. The van der Waals surface area contributed by atoms with E-state index in [4.69, 9.17) is 0 Å². The molecule has 0 heterocycles. The van der Waals surface area contributed by atoms with Crippen molar-refractivity contribution in [3.8, 4) is 11.1 Å². The SMILES string of the molecule is CC(=CC(C)(C)c1ccc2c(c1)Cc1c-2ccc(C(C)(C)C)c1C1C=CC=C1)c1ccccc1. The predicted octanol–water partition coefficient (Wildman–Crippen LogP) is 9.15. The minimum Gasteiger partial charge on any atom is -0.0732 e. The highest BCUT2D eigenvalue weighted by Gasteiger charge is 2.30. The molecule has 0 spiro atoms. The van der Waals surface area contributed by atoms with Gasteiger partial charge in [0.05, 0.1) is 0 Å². The summed E-state index contributed by atoms with van der Waals surface area (Å²) in [6, 6.07) is 22.6. The van der Waals surface area contributed by atoms with Gasteiger partial charge in [-0.1, -0.05) is 126 Å². The van der Waals surface area contributed by atoms with Gasteiger partial charge in [-0.15, -0.1) is 0 Å². The molecule has 3 aromatic carbocycles. The molecule has 0 saturated heterocycles. The molecule has 2 aliphatic carbocycles. The Morgan fingerprint density at radius 3 is 2.18 bits per heavy atom. The van der Waals surface area contributed by atoms with Crippen molar-refractivity contribution in [1.29, 1.82) is 0 Å². The molecule has 0 atom stereocenters. The molecule has 0 nitrogen and oxygen atoms in total. The van der Waals surface area contributed by atoms with Gasteiger partial charge in [-0.3, -0.25) is 0 Å². The molecule has 0 unspecified atom stereocenters. The Labute approximate surface area is 205 Å². The molecule has 0 aliphatic heterocycles. The van der Waals surface area contributed by atoms with Crippen LogP contribution in [0.1, 0.15) is 80.8 Å². The van der Waals surface area contributed by atoms with Crippen molar-refractivity contribution in [3.63, 3.8) is 0 Å². The van der Waals surface area contributed by atoms with Crippen LogP contribution < -0.4 is 0 Å². The second-order valence-corrected chi connectivity index (χ2v) is 11.6. The van der Waals surface area contributed by atoms with Gasteiger partial charge in [-0.2, -0.15) is 0 Å². The van der Waals surface area contributed by atoms with Crippen molar-refractivity contribution >= 4 is 5.57 Å². The molecular weight excluding hydrogens is 408 g/mol. The average Bonchev–Trinajstić information content (AvgIpc) is 3.45. The highest BCUT2D eigenvalue weighted by atomic mass is 14.3. The van der Waals surface area contributed by atoms with E-state index in [1.165, 1.54) is 50.1 Å². The largest absolute Gasteiger partial charge is 0.0732 e. The number of benzene rings is 3. The van der Waals surface area contributed by atoms with Crippen LogP contribution in [-0.2, 0) is 17.3 Å². The highest BCUT2D eigenvalue weighted by molar-refractivity contribution is 5.80. The van der Waals surface area contributed by atoms with Crippen LogP contribution in [0.15, 0.2) is 91.0 Å². The number of hydrogen-bond acceptors (Lipinski definition) is 0. The highest BCUT2D eigenvalue weighted by Crippen LogP contribution is 2.46. The van der Waals surface area contributed by atoms with Gasteiger partial charge < -0.3 is 0 Å². The average molecular weight is 445 g/mol. The smallest absolute Gasteiger partial charge is 0.0210 e. The first-order valence-corrected chi connectivity index (χ1v) is 12.5. The lowest BCUT2D eigenvalue weighted by Crippen LogP contribution is -2.17. The second kappa shape index (κ2) is 8.27. The standard InChI is InChI=1S/C34H36/c1-23(24-12-8-7-9-13-24)22-34(5,6)27-16-17-28-26(20-27)21-30-29(28)18-19-31(33(2,3)4)32(30)25-14-10-11-15-25/h7-20,22,25H,21H2,1-6H3. The molecule has 0 amide bonds. The van der Waals surface area contributed by atoms with Crippen molar-refractivity contribution < 1.29 is 0 Å². The normalized spacial score (nSPS) is 15.6. The van der Waals surface area contributed by atoms with Crippen LogP contribution >= 0.6 is 0 Å². The summed E-state index contributed by atoms with van der Waals surface area (Å²) in [5, 5.41) is 0. The Kier molecular flexibility index (Phi) is 5.52. The van der Waals surface area contributed by atoms with E-state index in [9.17, 15) is 0 Å². The lowest BCUT2D eigenvalue weighted by Gasteiger charge is -2.27.